The first-order valence-corrected chi connectivity index (χ1v) is 9.25. The van der Waals surface area contributed by atoms with Crippen molar-refractivity contribution in [2.75, 3.05) is 25.5 Å². The number of nitrogens with one attached hydrogen (secondary N) is 1. The molecule has 0 radical (unpaired) electrons. The fraction of sp³-hybridized carbons (Fsp3) is 0.217. The monoisotopic (exact) mass is 357 g/mol. The van der Waals surface area contributed by atoms with Crippen LogP contribution in [0, 0.1) is 5.92 Å². The Kier molecular flexibility index (Phi) is 4.99. The van der Waals surface area contributed by atoms with E-state index in [0.29, 0.717) is 0 Å². The molecule has 0 bridgehead atoms. The molecule has 0 saturated carbocycles. The molecule has 1 aromatic heterocycles. The van der Waals surface area contributed by atoms with Gasteiger partial charge in [-0.25, -0.2) is 0 Å². The van der Waals surface area contributed by atoms with Crippen molar-refractivity contribution in [3.63, 3.8) is 0 Å². The molecule has 136 valence electrons. The fourth-order valence-electron chi connectivity index (χ4n) is 3.85. The summed E-state index contributed by atoms with van der Waals surface area (Å²) in [5.41, 5.74) is 4.13. The summed E-state index contributed by atoms with van der Waals surface area (Å²) in [5, 5.41) is 3.13. The van der Waals surface area contributed by atoms with E-state index in [4.69, 9.17) is 0 Å². The van der Waals surface area contributed by atoms with Crippen molar-refractivity contribution in [2.45, 2.75) is 5.92 Å². The van der Waals surface area contributed by atoms with Crippen LogP contribution in [0.3, 0.4) is 0 Å². The number of anilines is 1. The Morgan fingerprint density at radius 2 is 1.81 bits per heavy atom. The Labute approximate surface area is 159 Å². The molecular formula is C23H23N3O. The van der Waals surface area contributed by atoms with Gasteiger partial charge >= 0.3 is 0 Å². The van der Waals surface area contributed by atoms with Gasteiger partial charge in [0, 0.05) is 42.7 Å². The Hall–Kier alpha value is -2.98. The lowest BCUT2D eigenvalue weighted by molar-refractivity contribution is -0.119. The summed E-state index contributed by atoms with van der Waals surface area (Å²) in [6, 6.07) is 22.2. The largest absolute Gasteiger partial charge is 0.326 e. The van der Waals surface area contributed by atoms with Crippen LogP contribution in [0.2, 0.25) is 0 Å². The lowest BCUT2D eigenvalue weighted by Gasteiger charge is -2.19. The number of hydrogen-bond acceptors (Lipinski definition) is 3. The standard InChI is InChI=1S/C23H23N3O/c1-26-15-21(17-7-3-2-4-8-17)22(16-26)23(27)25-20-11-5-9-18(13-20)19-10-6-12-24-14-19/h2-14,21-22H,15-16H2,1H3,(H,25,27). The molecule has 4 rings (SSSR count). The lowest BCUT2D eigenvalue weighted by atomic mass is 9.88. The number of nitrogens with zero attached hydrogens (tertiary/aromatic N) is 2. The highest BCUT2D eigenvalue weighted by atomic mass is 16.2. The van der Waals surface area contributed by atoms with Crippen molar-refractivity contribution in [3.05, 3.63) is 84.7 Å². The number of aromatic nitrogens is 1. The second-order valence-corrected chi connectivity index (χ2v) is 7.16. The first-order valence-electron chi connectivity index (χ1n) is 9.25. The van der Waals surface area contributed by atoms with Gasteiger partial charge in [0.05, 0.1) is 5.92 Å². The Balaban J connectivity index is 1.53. The van der Waals surface area contributed by atoms with Crippen molar-refractivity contribution in [1.82, 2.24) is 9.88 Å². The summed E-state index contributed by atoms with van der Waals surface area (Å²) in [7, 11) is 2.08. The summed E-state index contributed by atoms with van der Waals surface area (Å²) >= 11 is 0. The van der Waals surface area contributed by atoms with Crippen LogP contribution in [-0.2, 0) is 4.79 Å². The van der Waals surface area contributed by atoms with E-state index >= 15 is 0 Å². The number of pyridine rings is 1. The molecule has 2 heterocycles. The highest BCUT2D eigenvalue weighted by molar-refractivity contribution is 5.94. The number of amides is 1. The minimum Gasteiger partial charge on any atom is -0.326 e. The molecule has 0 spiro atoms. The quantitative estimate of drug-likeness (QED) is 0.767. The summed E-state index contributed by atoms with van der Waals surface area (Å²) in [6.07, 6.45) is 3.59. The van der Waals surface area contributed by atoms with E-state index in [1.807, 2.05) is 60.8 Å². The average Bonchev–Trinajstić information content (AvgIpc) is 3.11. The van der Waals surface area contributed by atoms with E-state index in [2.05, 4.69) is 34.4 Å². The minimum atomic E-state index is -0.0561. The maximum atomic E-state index is 13.0. The van der Waals surface area contributed by atoms with Gasteiger partial charge in [0.15, 0.2) is 0 Å². The van der Waals surface area contributed by atoms with Crippen LogP contribution in [0.25, 0.3) is 11.1 Å². The fourth-order valence-corrected chi connectivity index (χ4v) is 3.85. The molecule has 1 saturated heterocycles. The summed E-state index contributed by atoms with van der Waals surface area (Å²) < 4.78 is 0. The lowest BCUT2D eigenvalue weighted by Crippen LogP contribution is -2.28. The highest BCUT2D eigenvalue weighted by Crippen LogP contribution is 2.33. The number of likely N-dealkylation sites (N-methyl/N-ethyl adjacent to an activating group) is 1. The van der Waals surface area contributed by atoms with Crippen LogP contribution in [0.1, 0.15) is 11.5 Å². The van der Waals surface area contributed by atoms with Gasteiger partial charge in [-0.3, -0.25) is 9.78 Å². The van der Waals surface area contributed by atoms with Crippen LogP contribution in [0.4, 0.5) is 5.69 Å². The third kappa shape index (κ3) is 3.91. The summed E-state index contributed by atoms with van der Waals surface area (Å²) in [5.74, 6) is 0.244. The highest BCUT2D eigenvalue weighted by Gasteiger charge is 2.36. The predicted molar refractivity (Wildman–Crippen MR) is 108 cm³/mol. The molecule has 2 aromatic carbocycles. The van der Waals surface area contributed by atoms with Gasteiger partial charge in [0.1, 0.15) is 0 Å². The van der Waals surface area contributed by atoms with Gasteiger partial charge < -0.3 is 10.2 Å². The third-order valence-electron chi connectivity index (χ3n) is 5.19. The van der Waals surface area contributed by atoms with Crippen LogP contribution in [-0.4, -0.2) is 35.9 Å². The summed E-state index contributed by atoms with van der Waals surface area (Å²) in [6.45, 7) is 1.67. The van der Waals surface area contributed by atoms with E-state index in [-0.39, 0.29) is 17.7 Å². The van der Waals surface area contributed by atoms with Gasteiger partial charge in [0.25, 0.3) is 0 Å². The molecule has 1 amide bonds. The number of carbonyl (C=O) groups excluding carboxylic acids is 1. The molecular weight excluding hydrogens is 334 g/mol. The number of hydrogen-bond donors (Lipinski definition) is 1. The van der Waals surface area contributed by atoms with E-state index < -0.39 is 0 Å². The number of carbonyl (C=O) groups is 1. The molecule has 0 aliphatic carbocycles. The molecule has 4 nitrogen and oxygen atoms in total. The Bertz CT molecular complexity index is 911. The normalized spacial score (nSPS) is 19.7. The average molecular weight is 357 g/mol. The van der Waals surface area contributed by atoms with E-state index in [1.54, 1.807) is 6.20 Å². The molecule has 3 aromatic rings. The zero-order chi connectivity index (χ0) is 18.6. The van der Waals surface area contributed by atoms with Gasteiger partial charge in [-0.1, -0.05) is 48.5 Å². The zero-order valence-electron chi connectivity index (χ0n) is 15.4. The smallest absolute Gasteiger partial charge is 0.229 e. The van der Waals surface area contributed by atoms with E-state index in [1.165, 1.54) is 5.56 Å². The predicted octanol–water partition coefficient (Wildman–Crippen LogP) is 4.03. The zero-order valence-corrected chi connectivity index (χ0v) is 15.4. The number of benzene rings is 2. The first-order chi connectivity index (χ1) is 13.2. The van der Waals surface area contributed by atoms with Crippen molar-refractivity contribution >= 4 is 11.6 Å². The first kappa shape index (κ1) is 17.4. The molecule has 27 heavy (non-hydrogen) atoms. The van der Waals surface area contributed by atoms with Crippen LogP contribution in [0.15, 0.2) is 79.1 Å². The Morgan fingerprint density at radius 1 is 1.00 bits per heavy atom. The van der Waals surface area contributed by atoms with E-state index in [9.17, 15) is 4.79 Å². The van der Waals surface area contributed by atoms with E-state index in [0.717, 1.165) is 29.9 Å². The van der Waals surface area contributed by atoms with Crippen LogP contribution in [0.5, 0.6) is 0 Å². The molecule has 2 unspecified atom stereocenters. The summed E-state index contributed by atoms with van der Waals surface area (Å²) in [4.78, 5) is 19.4. The molecule has 1 fully saturated rings. The maximum absolute atomic E-state index is 13.0. The van der Waals surface area contributed by atoms with Crippen molar-refractivity contribution < 1.29 is 4.79 Å². The molecule has 4 heteroatoms. The molecule has 2 atom stereocenters. The number of rotatable bonds is 4. The Morgan fingerprint density at radius 3 is 2.59 bits per heavy atom. The topological polar surface area (TPSA) is 45.2 Å². The number of likely N-dealkylation sites (tertiary alicyclic amines) is 1. The van der Waals surface area contributed by atoms with Gasteiger partial charge in [-0.2, -0.15) is 0 Å². The molecule has 1 aliphatic rings. The molecule has 1 aliphatic heterocycles. The maximum Gasteiger partial charge on any atom is 0.229 e. The van der Waals surface area contributed by atoms with Crippen LogP contribution < -0.4 is 5.32 Å². The van der Waals surface area contributed by atoms with Gasteiger partial charge in [0.2, 0.25) is 5.91 Å². The van der Waals surface area contributed by atoms with Crippen molar-refractivity contribution in [1.29, 1.82) is 0 Å². The van der Waals surface area contributed by atoms with Crippen LogP contribution >= 0.6 is 0 Å². The van der Waals surface area contributed by atoms with Gasteiger partial charge in [-0.15, -0.1) is 0 Å². The third-order valence-corrected chi connectivity index (χ3v) is 5.19. The minimum absolute atomic E-state index is 0.0561. The SMILES string of the molecule is CN1CC(C(=O)Nc2cccc(-c3cccnc3)c2)C(c2ccccc2)C1. The second-order valence-electron chi connectivity index (χ2n) is 7.16. The van der Waals surface area contributed by atoms with Crippen molar-refractivity contribution in [2.24, 2.45) is 5.92 Å². The molecule has 1 N–H and O–H groups in total. The van der Waals surface area contributed by atoms with Gasteiger partial charge in [-0.05, 0) is 36.4 Å². The van der Waals surface area contributed by atoms with Crippen molar-refractivity contribution in [3.8, 4) is 11.1 Å². The second kappa shape index (κ2) is 7.72.